The maximum atomic E-state index is 12.5. The quantitative estimate of drug-likeness (QED) is 0.297. The van der Waals surface area contributed by atoms with Gasteiger partial charge in [-0.3, -0.25) is 9.59 Å². The van der Waals surface area contributed by atoms with Crippen molar-refractivity contribution in [1.29, 1.82) is 0 Å². The number of anilines is 1. The van der Waals surface area contributed by atoms with E-state index in [1.165, 1.54) is 6.92 Å². The van der Waals surface area contributed by atoms with Gasteiger partial charge in [0.05, 0.1) is 11.9 Å². The van der Waals surface area contributed by atoms with Crippen molar-refractivity contribution in [2.24, 2.45) is 10.2 Å². The molecular weight excluding hydrogens is 400 g/mol. The second kappa shape index (κ2) is 9.01. The van der Waals surface area contributed by atoms with Gasteiger partial charge in [-0.25, -0.2) is 8.42 Å². The molecule has 2 aromatic rings. The molecule has 0 spiro atoms. The minimum Gasteiger partial charge on any atom is -0.744 e. The van der Waals surface area contributed by atoms with Crippen LogP contribution in [0.4, 0.5) is 17.1 Å². The van der Waals surface area contributed by atoms with Gasteiger partial charge < -0.3 is 20.1 Å². The molecule has 2 aromatic carbocycles. The van der Waals surface area contributed by atoms with Crippen LogP contribution in [-0.2, 0) is 19.7 Å². The number of hydrogen-bond donors (Lipinski definition) is 2. The highest BCUT2D eigenvalue weighted by molar-refractivity contribution is 7.85. The van der Waals surface area contributed by atoms with Crippen LogP contribution in [0.15, 0.2) is 57.6 Å². The van der Waals surface area contributed by atoms with E-state index in [2.05, 4.69) is 15.5 Å². The average Bonchev–Trinajstić information content (AvgIpc) is 2.62. The molecule has 0 saturated carbocycles. The fourth-order valence-electron chi connectivity index (χ4n) is 2.39. The number of aryl methyl sites for hydroxylation is 1. The Morgan fingerprint density at radius 1 is 1.17 bits per heavy atom. The molecule has 0 aromatic heterocycles. The molecule has 154 valence electrons. The summed E-state index contributed by atoms with van der Waals surface area (Å²) in [6.45, 7) is 2.95. The van der Waals surface area contributed by atoms with Crippen LogP contribution in [-0.4, -0.2) is 37.8 Å². The standard InChI is InChI=1S/C18H20N4O6S/c1-11-6-4-5-7-14(11)19-18(24)17(12(2)23)21-20-15-9-8-13(29(26,27)28)10-16(15)22(3)25/h4-10,17,22H,1-3H3,(H,19,24)(H,26,27,28)/p-1. The Bertz CT molecular complexity index is 1070. The molecule has 2 rings (SSSR count). The van der Waals surface area contributed by atoms with Crippen molar-refractivity contribution >= 4 is 38.9 Å². The Kier molecular flexibility index (Phi) is 6.93. The van der Waals surface area contributed by atoms with Crippen LogP contribution in [0.5, 0.6) is 0 Å². The van der Waals surface area contributed by atoms with Crippen LogP contribution in [0.2, 0.25) is 0 Å². The molecule has 0 aliphatic heterocycles. The van der Waals surface area contributed by atoms with E-state index in [1.807, 2.05) is 0 Å². The maximum absolute atomic E-state index is 12.5. The predicted octanol–water partition coefficient (Wildman–Crippen LogP) is 1.22. The number of nitrogens with one attached hydrogen (secondary N) is 2. The Morgan fingerprint density at radius 2 is 1.83 bits per heavy atom. The molecule has 0 fully saturated rings. The molecule has 0 aliphatic carbocycles. The Balaban J connectivity index is 2.34. The lowest BCUT2D eigenvalue weighted by Crippen LogP contribution is -2.98. The highest BCUT2D eigenvalue weighted by atomic mass is 32.2. The number of hydrogen-bond acceptors (Lipinski definition) is 8. The highest BCUT2D eigenvalue weighted by Gasteiger charge is 2.24. The van der Waals surface area contributed by atoms with Crippen molar-refractivity contribution in [2.75, 3.05) is 12.4 Å². The van der Waals surface area contributed by atoms with Crippen molar-refractivity contribution in [3.05, 3.63) is 53.2 Å². The molecule has 0 heterocycles. The maximum Gasteiger partial charge on any atom is 0.258 e. The first-order chi connectivity index (χ1) is 13.5. The Labute approximate surface area is 167 Å². The van der Waals surface area contributed by atoms with Gasteiger partial charge in [-0.1, -0.05) is 18.2 Å². The van der Waals surface area contributed by atoms with E-state index < -0.39 is 37.8 Å². The minimum absolute atomic E-state index is 0.0696. The largest absolute Gasteiger partial charge is 0.744 e. The summed E-state index contributed by atoms with van der Waals surface area (Å²) in [5.41, 5.74) is 1.05. The normalized spacial score (nSPS) is 13.8. The van der Waals surface area contributed by atoms with Crippen LogP contribution in [0, 0.1) is 12.1 Å². The summed E-state index contributed by atoms with van der Waals surface area (Å²) in [6.07, 6.45) is 0. The molecule has 0 bridgehead atoms. The smallest absolute Gasteiger partial charge is 0.258 e. The molecule has 2 atom stereocenters. The predicted molar refractivity (Wildman–Crippen MR) is 103 cm³/mol. The number of quaternary nitrogens is 1. The second-order valence-electron chi connectivity index (χ2n) is 6.22. The van der Waals surface area contributed by atoms with Gasteiger partial charge in [0.2, 0.25) is 6.04 Å². The summed E-state index contributed by atoms with van der Waals surface area (Å²) < 4.78 is 33.4. The van der Waals surface area contributed by atoms with Gasteiger partial charge in [0.15, 0.2) is 11.5 Å². The first kappa shape index (κ1) is 22.3. The summed E-state index contributed by atoms with van der Waals surface area (Å²) in [5, 5.41) is 21.3. The third kappa shape index (κ3) is 5.74. The van der Waals surface area contributed by atoms with Crippen molar-refractivity contribution in [3.63, 3.8) is 0 Å². The number of carbonyl (C=O) groups is 2. The lowest BCUT2D eigenvalue weighted by atomic mass is 10.1. The zero-order chi connectivity index (χ0) is 21.8. The first-order valence-corrected chi connectivity index (χ1v) is 9.80. The number of Topliss-reactive ketones (excluding diaryl/α,β-unsaturated/α-hetero) is 1. The van der Waals surface area contributed by atoms with Crippen molar-refractivity contribution in [3.8, 4) is 0 Å². The number of carbonyl (C=O) groups excluding carboxylic acids is 2. The van der Waals surface area contributed by atoms with Gasteiger partial charge >= 0.3 is 0 Å². The van der Waals surface area contributed by atoms with E-state index in [9.17, 15) is 27.8 Å². The van der Waals surface area contributed by atoms with E-state index in [1.54, 1.807) is 31.2 Å². The number of nitrogens with zero attached hydrogens (tertiary/aromatic N) is 2. The van der Waals surface area contributed by atoms with Crippen molar-refractivity contribution in [2.45, 2.75) is 24.8 Å². The van der Waals surface area contributed by atoms with Crippen LogP contribution < -0.4 is 10.4 Å². The number of azo groups is 1. The van der Waals surface area contributed by atoms with E-state index >= 15 is 0 Å². The number of rotatable bonds is 7. The topological polar surface area (TPSA) is 156 Å². The lowest BCUT2D eigenvalue weighted by molar-refractivity contribution is -0.751. The monoisotopic (exact) mass is 419 g/mol. The molecule has 11 heteroatoms. The molecule has 2 unspecified atom stereocenters. The van der Waals surface area contributed by atoms with Gasteiger partial charge in [-0.15, -0.1) is 5.11 Å². The molecule has 0 saturated heterocycles. The third-order valence-corrected chi connectivity index (χ3v) is 4.78. The third-order valence-electron chi connectivity index (χ3n) is 3.95. The van der Waals surface area contributed by atoms with E-state index in [0.29, 0.717) is 5.69 Å². The molecule has 2 N–H and O–H groups in total. The molecular formula is C18H19N4O6S-. The summed E-state index contributed by atoms with van der Waals surface area (Å²) in [7, 11) is -3.61. The fraction of sp³-hybridized carbons (Fsp3) is 0.222. The number of benzene rings is 2. The lowest BCUT2D eigenvalue weighted by Gasteiger charge is -2.19. The van der Waals surface area contributed by atoms with E-state index in [-0.39, 0.29) is 11.4 Å². The van der Waals surface area contributed by atoms with Gasteiger partial charge in [0.25, 0.3) is 5.91 Å². The second-order valence-corrected chi connectivity index (χ2v) is 7.60. The van der Waals surface area contributed by atoms with Gasteiger partial charge in [-0.2, -0.15) is 5.11 Å². The SMILES string of the molecule is CC(=O)C(N=Nc1ccc(S(=O)(=O)[O-])cc1[NH+](C)[O-])C(=O)Nc1ccccc1C. The fourth-order valence-corrected chi connectivity index (χ4v) is 2.89. The summed E-state index contributed by atoms with van der Waals surface area (Å²) in [5.74, 6) is -1.29. The van der Waals surface area contributed by atoms with Crippen LogP contribution >= 0.6 is 0 Å². The number of para-hydroxylation sites is 1. The molecule has 0 aliphatic rings. The van der Waals surface area contributed by atoms with Gasteiger partial charge in [0.1, 0.15) is 15.8 Å². The van der Waals surface area contributed by atoms with E-state index in [0.717, 1.165) is 30.8 Å². The number of amides is 1. The van der Waals surface area contributed by atoms with Crippen LogP contribution in [0.25, 0.3) is 0 Å². The van der Waals surface area contributed by atoms with Gasteiger partial charge in [0, 0.05) is 11.8 Å². The Morgan fingerprint density at radius 3 is 2.38 bits per heavy atom. The Hall–Kier alpha value is -2.99. The highest BCUT2D eigenvalue weighted by Crippen LogP contribution is 2.26. The average molecular weight is 419 g/mol. The zero-order valence-corrected chi connectivity index (χ0v) is 16.7. The molecule has 29 heavy (non-hydrogen) atoms. The van der Waals surface area contributed by atoms with Crippen LogP contribution in [0.1, 0.15) is 12.5 Å². The summed E-state index contributed by atoms with van der Waals surface area (Å²) in [6, 6.07) is 8.45. The van der Waals surface area contributed by atoms with Crippen molar-refractivity contribution in [1.82, 2.24) is 0 Å². The van der Waals surface area contributed by atoms with E-state index in [4.69, 9.17) is 0 Å². The van der Waals surface area contributed by atoms with Gasteiger partial charge in [-0.05, 0) is 37.6 Å². The van der Waals surface area contributed by atoms with Crippen LogP contribution in [0.3, 0.4) is 0 Å². The summed E-state index contributed by atoms with van der Waals surface area (Å²) >= 11 is 0. The van der Waals surface area contributed by atoms with Crippen molar-refractivity contribution < 1.29 is 27.6 Å². The number of hydroxylamine groups is 1. The first-order valence-electron chi connectivity index (χ1n) is 8.39. The molecule has 0 radical (unpaired) electrons. The molecule has 1 amide bonds. The summed E-state index contributed by atoms with van der Waals surface area (Å²) in [4.78, 5) is 23.7. The minimum atomic E-state index is -4.77. The molecule has 10 nitrogen and oxygen atoms in total. The zero-order valence-electron chi connectivity index (χ0n) is 15.9. The number of ketones is 1.